The van der Waals surface area contributed by atoms with E-state index in [0.29, 0.717) is 5.69 Å². The predicted octanol–water partition coefficient (Wildman–Crippen LogP) is 2.00. The average Bonchev–Trinajstić information content (AvgIpc) is 2.15. The number of pyridine rings is 1. The van der Waals surface area contributed by atoms with Crippen molar-refractivity contribution in [2.45, 2.75) is 11.8 Å². The van der Waals surface area contributed by atoms with Crippen molar-refractivity contribution in [1.29, 1.82) is 0 Å². The van der Waals surface area contributed by atoms with Crippen LogP contribution in [0.4, 0.5) is 0 Å². The Labute approximate surface area is 85.3 Å². The van der Waals surface area contributed by atoms with Gasteiger partial charge in [-0.1, -0.05) is 22.0 Å². The van der Waals surface area contributed by atoms with Gasteiger partial charge in [-0.15, -0.1) is 0 Å². The molecule has 1 rings (SSSR count). The Balaban J connectivity index is 2.88. The van der Waals surface area contributed by atoms with E-state index in [-0.39, 0.29) is 5.97 Å². The van der Waals surface area contributed by atoms with Crippen molar-refractivity contribution in [2.24, 2.45) is 0 Å². The standard InChI is InChI=1S/C9H10BrNO2/c1-6-4-3-5-7(11-6)8(10)9(12)13-2/h3-5,8H,1-2H3. The maximum atomic E-state index is 11.1. The summed E-state index contributed by atoms with van der Waals surface area (Å²) in [6.07, 6.45) is 0. The summed E-state index contributed by atoms with van der Waals surface area (Å²) in [5.41, 5.74) is 1.55. The Morgan fingerprint density at radius 3 is 2.85 bits per heavy atom. The van der Waals surface area contributed by atoms with Crippen LogP contribution in [0.2, 0.25) is 0 Å². The van der Waals surface area contributed by atoms with E-state index in [2.05, 4.69) is 25.7 Å². The molecule has 0 saturated carbocycles. The molecule has 0 aliphatic rings. The number of hydrogen-bond acceptors (Lipinski definition) is 3. The molecule has 0 spiro atoms. The molecule has 70 valence electrons. The van der Waals surface area contributed by atoms with E-state index < -0.39 is 4.83 Å². The van der Waals surface area contributed by atoms with Gasteiger partial charge in [0.15, 0.2) is 4.83 Å². The molecular formula is C9H10BrNO2. The molecule has 0 aliphatic carbocycles. The summed E-state index contributed by atoms with van der Waals surface area (Å²) in [4.78, 5) is 14.8. The Morgan fingerprint density at radius 2 is 2.31 bits per heavy atom. The Hall–Kier alpha value is -0.900. The number of carbonyl (C=O) groups is 1. The number of nitrogens with zero attached hydrogens (tertiary/aromatic N) is 1. The van der Waals surface area contributed by atoms with Gasteiger partial charge in [-0.2, -0.15) is 0 Å². The minimum Gasteiger partial charge on any atom is -0.468 e. The third-order valence-electron chi connectivity index (χ3n) is 1.58. The zero-order chi connectivity index (χ0) is 9.84. The van der Waals surface area contributed by atoms with Crippen molar-refractivity contribution >= 4 is 21.9 Å². The zero-order valence-electron chi connectivity index (χ0n) is 7.45. The van der Waals surface area contributed by atoms with Crippen LogP contribution in [0.25, 0.3) is 0 Å². The van der Waals surface area contributed by atoms with Crippen molar-refractivity contribution in [3.63, 3.8) is 0 Å². The number of aromatic nitrogens is 1. The second kappa shape index (κ2) is 4.37. The molecule has 4 heteroatoms. The lowest BCUT2D eigenvalue weighted by Gasteiger charge is -2.06. The summed E-state index contributed by atoms with van der Waals surface area (Å²) >= 11 is 3.21. The lowest BCUT2D eigenvalue weighted by Crippen LogP contribution is -2.09. The molecule has 0 N–H and O–H groups in total. The third-order valence-corrected chi connectivity index (χ3v) is 2.42. The van der Waals surface area contributed by atoms with Crippen LogP contribution in [0.3, 0.4) is 0 Å². The summed E-state index contributed by atoms with van der Waals surface area (Å²) in [7, 11) is 1.35. The molecule has 1 aromatic rings. The maximum absolute atomic E-state index is 11.1. The summed E-state index contributed by atoms with van der Waals surface area (Å²) in [5.74, 6) is -0.335. The van der Waals surface area contributed by atoms with Gasteiger partial charge < -0.3 is 4.74 Å². The second-order valence-corrected chi connectivity index (χ2v) is 3.51. The van der Waals surface area contributed by atoms with Gasteiger partial charge in [-0.05, 0) is 19.1 Å². The molecule has 1 atom stereocenters. The topological polar surface area (TPSA) is 39.2 Å². The molecule has 0 aromatic carbocycles. The molecular weight excluding hydrogens is 234 g/mol. The first-order valence-electron chi connectivity index (χ1n) is 3.80. The number of methoxy groups -OCH3 is 1. The Kier molecular flexibility index (Phi) is 3.42. The average molecular weight is 244 g/mol. The van der Waals surface area contributed by atoms with Crippen molar-refractivity contribution in [3.8, 4) is 0 Å². The number of halogens is 1. The van der Waals surface area contributed by atoms with Gasteiger partial charge in [0.1, 0.15) is 0 Å². The zero-order valence-corrected chi connectivity index (χ0v) is 9.04. The van der Waals surface area contributed by atoms with Crippen LogP contribution in [-0.4, -0.2) is 18.1 Å². The fraction of sp³-hybridized carbons (Fsp3) is 0.333. The quantitative estimate of drug-likeness (QED) is 0.590. The first kappa shape index (κ1) is 10.2. The van der Waals surface area contributed by atoms with Gasteiger partial charge >= 0.3 is 5.97 Å². The number of hydrogen-bond donors (Lipinski definition) is 0. The molecule has 0 fully saturated rings. The summed E-state index contributed by atoms with van der Waals surface area (Å²) < 4.78 is 4.58. The number of esters is 1. The van der Waals surface area contributed by atoms with Gasteiger partial charge in [0.05, 0.1) is 12.8 Å². The van der Waals surface area contributed by atoms with E-state index >= 15 is 0 Å². The minimum atomic E-state index is -0.475. The molecule has 0 aliphatic heterocycles. The highest BCUT2D eigenvalue weighted by molar-refractivity contribution is 9.09. The Morgan fingerprint density at radius 1 is 1.62 bits per heavy atom. The van der Waals surface area contributed by atoms with Crippen molar-refractivity contribution in [3.05, 3.63) is 29.6 Å². The fourth-order valence-corrected chi connectivity index (χ4v) is 1.37. The number of rotatable bonds is 2. The lowest BCUT2D eigenvalue weighted by molar-refractivity contribution is -0.139. The first-order chi connectivity index (χ1) is 6.15. The monoisotopic (exact) mass is 243 g/mol. The van der Waals surface area contributed by atoms with Gasteiger partial charge in [0.2, 0.25) is 0 Å². The molecule has 1 heterocycles. The summed E-state index contributed by atoms with van der Waals surface area (Å²) in [6, 6.07) is 5.51. The lowest BCUT2D eigenvalue weighted by atomic mass is 10.2. The van der Waals surface area contributed by atoms with Crippen molar-refractivity contribution in [2.75, 3.05) is 7.11 Å². The minimum absolute atomic E-state index is 0.335. The summed E-state index contributed by atoms with van der Waals surface area (Å²) in [6.45, 7) is 1.88. The largest absolute Gasteiger partial charge is 0.468 e. The van der Waals surface area contributed by atoms with Gasteiger partial charge in [0.25, 0.3) is 0 Å². The molecule has 1 aromatic heterocycles. The van der Waals surface area contributed by atoms with Crippen LogP contribution in [0.15, 0.2) is 18.2 Å². The van der Waals surface area contributed by atoms with E-state index in [0.717, 1.165) is 5.69 Å². The normalized spacial score (nSPS) is 12.2. The van der Waals surface area contributed by atoms with E-state index in [1.807, 2.05) is 19.1 Å². The van der Waals surface area contributed by atoms with E-state index in [1.54, 1.807) is 6.07 Å². The van der Waals surface area contributed by atoms with E-state index in [9.17, 15) is 4.79 Å². The highest BCUT2D eigenvalue weighted by atomic mass is 79.9. The van der Waals surface area contributed by atoms with Gasteiger partial charge in [-0.3, -0.25) is 9.78 Å². The van der Waals surface area contributed by atoms with Crippen molar-refractivity contribution in [1.82, 2.24) is 4.98 Å². The van der Waals surface area contributed by atoms with Crippen LogP contribution in [0, 0.1) is 6.92 Å². The highest BCUT2D eigenvalue weighted by Crippen LogP contribution is 2.21. The molecule has 0 radical (unpaired) electrons. The molecule has 0 amide bonds. The molecule has 0 bridgehead atoms. The number of aryl methyl sites for hydroxylation is 1. The molecule has 0 saturated heterocycles. The van der Waals surface area contributed by atoms with E-state index in [1.165, 1.54) is 7.11 Å². The predicted molar refractivity (Wildman–Crippen MR) is 52.7 cm³/mol. The first-order valence-corrected chi connectivity index (χ1v) is 4.72. The second-order valence-electron chi connectivity index (χ2n) is 2.59. The van der Waals surface area contributed by atoms with Crippen molar-refractivity contribution < 1.29 is 9.53 Å². The van der Waals surface area contributed by atoms with Gasteiger partial charge in [0, 0.05) is 5.69 Å². The van der Waals surface area contributed by atoms with Crippen LogP contribution in [-0.2, 0) is 9.53 Å². The third kappa shape index (κ3) is 2.52. The van der Waals surface area contributed by atoms with Crippen LogP contribution >= 0.6 is 15.9 Å². The van der Waals surface area contributed by atoms with Gasteiger partial charge in [-0.25, -0.2) is 0 Å². The van der Waals surface area contributed by atoms with Crippen LogP contribution in [0.5, 0.6) is 0 Å². The smallest absolute Gasteiger partial charge is 0.325 e. The SMILES string of the molecule is COC(=O)C(Br)c1cccc(C)n1. The maximum Gasteiger partial charge on any atom is 0.325 e. The number of alkyl halides is 1. The number of ether oxygens (including phenoxy) is 1. The molecule has 3 nitrogen and oxygen atoms in total. The fourth-order valence-electron chi connectivity index (χ4n) is 0.929. The molecule has 13 heavy (non-hydrogen) atoms. The Bertz CT molecular complexity index is 314. The van der Waals surface area contributed by atoms with E-state index in [4.69, 9.17) is 0 Å². The highest BCUT2D eigenvalue weighted by Gasteiger charge is 2.18. The summed E-state index contributed by atoms with van der Waals surface area (Å²) in [5, 5.41) is 0. The van der Waals surface area contributed by atoms with Crippen LogP contribution in [0.1, 0.15) is 16.2 Å². The van der Waals surface area contributed by atoms with Crippen LogP contribution < -0.4 is 0 Å². The molecule has 1 unspecified atom stereocenters. The number of carbonyl (C=O) groups excluding carboxylic acids is 1.